The lowest BCUT2D eigenvalue weighted by atomic mass is 10.1. The zero-order valence-corrected chi connectivity index (χ0v) is 18.8. The van der Waals surface area contributed by atoms with Crippen molar-refractivity contribution in [3.05, 3.63) is 89.3 Å². The third-order valence-corrected chi connectivity index (χ3v) is 7.56. The van der Waals surface area contributed by atoms with Gasteiger partial charge in [-0.05, 0) is 60.2 Å². The van der Waals surface area contributed by atoms with E-state index in [2.05, 4.69) is 5.32 Å². The van der Waals surface area contributed by atoms with Gasteiger partial charge in [0.1, 0.15) is 12.0 Å². The van der Waals surface area contributed by atoms with Crippen molar-refractivity contribution in [2.75, 3.05) is 11.4 Å². The van der Waals surface area contributed by atoms with Gasteiger partial charge in [0.2, 0.25) is 0 Å². The topological polar surface area (TPSA) is 99.1 Å². The molecule has 1 aliphatic rings. The van der Waals surface area contributed by atoms with Gasteiger partial charge in [-0.2, -0.15) is 0 Å². The second kappa shape index (κ2) is 9.35. The summed E-state index contributed by atoms with van der Waals surface area (Å²) >= 11 is 1.10. The van der Waals surface area contributed by atoms with Crippen LogP contribution < -0.4 is 14.4 Å². The fourth-order valence-corrected chi connectivity index (χ4v) is 5.64. The van der Waals surface area contributed by atoms with Gasteiger partial charge in [0.15, 0.2) is 5.56 Å². The number of rotatable bonds is 6. The quantitative estimate of drug-likeness (QED) is 0.507. The molecule has 0 bridgehead atoms. The fourth-order valence-electron chi connectivity index (χ4n) is 3.31. The molecule has 9 heteroatoms. The maximum Gasteiger partial charge on any atom is 0.268 e. The highest BCUT2D eigenvalue weighted by Gasteiger charge is 2.28. The molecular formula is C23H22N2O5S2. The lowest BCUT2D eigenvalue weighted by Crippen LogP contribution is -2.28. The van der Waals surface area contributed by atoms with Gasteiger partial charge in [-0.15, -0.1) is 0 Å². The molecule has 0 amide bonds. The molecule has 2 unspecified atom stereocenters. The molecule has 0 radical (unpaired) electrons. The Balaban J connectivity index is 1.79. The highest BCUT2D eigenvalue weighted by molar-refractivity contribution is 8.03. The summed E-state index contributed by atoms with van der Waals surface area (Å²) in [5.74, 6) is 0.562. The van der Waals surface area contributed by atoms with Gasteiger partial charge >= 0.3 is 0 Å². The van der Waals surface area contributed by atoms with Gasteiger partial charge < -0.3 is 14.9 Å². The van der Waals surface area contributed by atoms with Gasteiger partial charge in [-0.1, -0.05) is 42.1 Å². The summed E-state index contributed by atoms with van der Waals surface area (Å²) < 4.78 is 33.8. The molecule has 1 fully saturated rings. The Morgan fingerprint density at radius 2 is 1.66 bits per heavy atom. The molecule has 1 aliphatic heterocycles. The minimum Gasteiger partial charge on any atom is -0.497 e. The first kappa shape index (κ1) is 22.4. The molecule has 0 aromatic heterocycles. The lowest BCUT2D eigenvalue weighted by molar-refractivity contribution is 0.127. The van der Waals surface area contributed by atoms with Crippen LogP contribution in [0.2, 0.25) is 0 Å². The van der Waals surface area contributed by atoms with E-state index >= 15 is 0 Å². The van der Waals surface area contributed by atoms with Crippen molar-refractivity contribution in [2.24, 2.45) is 0 Å². The SMILES string of the molecule is COc1ccc(S(=O)(=O)N(c2ccccc2)c2cccc(/C=C3\SC(O)NC3O)c2)cc1. The van der Waals surface area contributed by atoms with Crippen LogP contribution in [-0.2, 0) is 10.0 Å². The summed E-state index contributed by atoms with van der Waals surface area (Å²) in [6, 6.07) is 22.0. The molecule has 32 heavy (non-hydrogen) atoms. The number of aliphatic hydroxyl groups is 2. The molecule has 166 valence electrons. The summed E-state index contributed by atoms with van der Waals surface area (Å²) in [4.78, 5) is 0.666. The summed E-state index contributed by atoms with van der Waals surface area (Å²) in [7, 11) is -2.42. The third kappa shape index (κ3) is 4.67. The maximum absolute atomic E-state index is 13.7. The van der Waals surface area contributed by atoms with Crippen LogP contribution in [0.3, 0.4) is 0 Å². The van der Waals surface area contributed by atoms with Crippen molar-refractivity contribution in [3.8, 4) is 5.75 Å². The predicted octanol–water partition coefficient (Wildman–Crippen LogP) is 3.49. The number of ether oxygens (including phenoxy) is 1. The maximum atomic E-state index is 13.7. The fraction of sp³-hybridized carbons (Fsp3) is 0.130. The average Bonchev–Trinajstić information content (AvgIpc) is 3.11. The van der Waals surface area contributed by atoms with Gasteiger partial charge in [-0.25, -0.2) is 12.7 Å². The van der Waals surface area contributed by atoms with E-state index in [1.54, 1.807) is 66.7 Å². The smallest absolute Gasteiger partial charge is 0.268 e. The number of aliphatic hydroxyl groups excluding tert-OH is 2. The van der Waals surface area contributed by atoms with E-state index in [4.69, 9.17) is 4.74 Å². The Morgan fingerprint density at radius 1 is 0.969 bits per heavy atom. The highest BCUT2D eigenvalue weighted by atomic mass is 32.2. The number of hydrogen-bond donors (Lipinski definition) is 3. The first-order valence-corrected chi connectivity index (χ1v) is 12.1. The highest BCUT2D eigenvalue weighted by Crippen LogP contribution is 2.35. The molecule has 7 nitrogen and oxygen atoms in total. The molecule has 1 heterocycles. The average molecular weight is 471 g/mol. The van der Waals surface area contributed by atoms with Crippen LogP contribution in [0.1, 0.15) is 5.56 Å². The largest absolute Gasteiger partial charge is 0.497 e. The molecule has 1 saturated heterocycles. The molecule has 0 aliphatic carbocycles. The molecule has 3 N–H and O–H groups in total. The van der Waals surface area contributed by atoms with Crippen LogP contribution in [0.5, 0.6) is 5.75 Å². The van der Waals surface area contributed by atoms with E-state index in [0.29, 0.717) is 27.6 Å². The van der Waals surface area contributed by atoms with Crippen LogP contribution >= 0.6 is 11.8 Å². The second-order valence-electron chi connectivity index (χ2n) is 6.96. The monoisotopic (exact) mass is 470 g/mol. The van der Waals surface area contributed by atoms with Gasteiger partial charge in [0, 0.05) is 4.91 Å². The number of methoxy groups -OCH3 is 1. The number of para-hydroxylation sites is 1. The molecule has 2 atom stereocenters. The number of benzene rings is 3. The Morgan fingerprint density at radius 3 is 2.28 bits per heavy atom. The zero-order valence-electron chi connectivity index (χ0n) is 17.1. The van der Waals surface area contributed by atoms with E-state index in [0.717, 1.165) is 11.8 Å². The van der Waals surface area contributed by atoms with Gasteiger partial charge in [0.05, 0.1) is 23.4 Å². The number of thioether (sulfide) groups is 1. The van der Waals surface area contributed by atoms with Gasteiger partial charge in [0.25, 0.3) is 10.0 Å². The van der Waals surface area contributed by atoms with E-state index in [1.165, 1.54) is 23.5 Å². The normalized spacial score (nSPS) is 19.8. The van der Waals surface area contributed by atoms with Gasteiger partial charge in [-0.3, -0.25) is 5.32 Å². The van der Waals surface area contributed by atoms with E-state index in [-0.39, 0.29) is 4.90 Å². The summed E-state index contributed by atoms with van der Waals surface area (Å²) in [5, 5.41) is 22.3. The van der Waals surface area contributed by atoms with Crippen LogP contribution in [-0.4, -0.2) is 37.5 Å². The van der Waals surface area contributed by atoms with E-state index in [1.807, 2.05) is 6.07 Å². The van der Waals surface area contributed by atoms with Crippen molar-refractivity contribution in [1.82, 2.24) is 5.32 Å². The van der Waals surface area contributed by atoms with Crippen LogP contribution in [0.4, 0.5) is 11.4 Å². The van der Waals surface area contributed by atoms with Crippen LogP contribution in [0.15, 0.2) is 88.7 Å². The second-order valence-corrected chi connectivity index (χ2v) is 9.90. The number of nitrogens with one attached hydrogen (secondary N) is 1. The van der Waals surface area contributed by atoms with Crippen molar-refractivity contribution in [3.63, 3.8) is 0 Å². The number of sulfonamides is 1. The molecule has 3 aromatic carbocycles. The molecular weight excluding hydrogens is 448 g/mol. The Kier molecular flexibility index (Phi) is 6.54. The predicted molar refractivity (Wildman–Crippen MR) is 126 cm³/mol. The van der Waals surface area contributed by atoms with Crippen molar-refractivity contribution >= 4 is 39.2 Å². The van der Waals surface area contributed by atoms with Crippen molar-refractivity contribution in [1.29, 1.82) is 0 Å². The number of anilines is 2. The van der Waals surface area contributed by atoms with E-state index < -0.39 is 21.8 Å². The Hall–Kier alpha value is -2.82. The summed E-state index contributed by atoms with van der Waals surface area (Å²) in [6.07, 6.45) is 0.734. The molecule has 4 rings (SSSR count). The lowest BCUT2D eigenvalue weighted by Gasteiger charge is -2.25. The van der Waals surface area contributed by atoms with Crippen LogP contribution in [0.25, 0.3) is 6.08 Å². The molecule has 3 aromatic rings. The first-order chi connectivity index (χ1) is 15.4. The van der Waals surface area contributed by atoms with Crippen molar-refractivity contribution in [2.45, 2.75) is 16.7 Å². The van der Waals surface area contributed by atoms with E-state index in [9.17, 15) is 18.6 Å². The Bertz CT molecular complexity index is 1210. The molecule has 0 spiro atoms. The minimum atomic E-state index is -3.95. The summed E-state index contributed by atoms with van der Waals surface area (Å²) in [5.41, 5.74) is 0.717. The van der Waals surface area contributed by atoms with Crippen molar-refractivity contribution < 1.29 is 23.4 Å². The number of hydrogen-bond acceptors (Lipinski definition) is 7. The minimum absolute atomic E-state index is 0.125. The third-order valence-electron chi connectivity index (χ3n) is 4.82. The summed E-state index contributed by atoms with van der Waals surface area (Å²) in [6.45, 7) is 0. The number of nitrogens with zero attached hydrogens (tertiary/aromatic N) is 1. The standard InChI is InChI=1S/C23H22N2O5S2/c1-30-19-10-12-20(13-11-19)32(28,29)25(17-7-3-2-4-8-17)18-9-5-6-16(14-18)15-21-22(26)24-23(27)31-21/h2-15,22-24,26-27H,1H3/b21-15-. The van der Waals surface area contributed by atoms with Crippen LogP contribution in [0, 0.1) is 0 Å². The molecule has 0 saturated carbocycles. The zero-order chi connectivity index (χ0) is 22.7. The Labute approximate surface area is 191 Å². The first-order valence-electron chi connectivity index (χ1n) is 9.73.